The average Bonchev–Trinajstić information content (AvgIpc) is 1.65. The van der Waals surface area contributed by atoms with Crippen molar-refractivity contribution < 1.29 is 24.3 Å². The summed E-state index contributed by atoms with van der Waals surface area (Å²) in [6, 6.07) is 0. The third-order valence-electron chi connectivity index (χ3n) is 0.302. The average molecular weight is 156 g/mol. The Morgan fingerprint density at radius 3 is 1.67 bits per heavy atom. The van der Waals surface area contributed by atoms with Gasteiger partial charge in [-0.15, -0.1) is 0 Å². The first-order valence-electron chi connectivity index (χ1n) is 2.14. The number of rotatable bonds is 1. The van der Waals surface area contributed by atoms with Gasteiger partial charge in [0.05, 0.1) is 0 Å². The fraction of sp³-hybridized carbons (Fsp3) is 0.667. The van der Waals surface area contributed by atoms with Gasteiger partial charge in [-0.1, -0.05) is 6.92 Å². The van der Waals surface area contributed by atoms with Gasteiger partial charge in [-0.25, -0.2) is 0 Å². The van der Waals surface area contributed by atoms with E-state index < -0.39 is 14.2 Å². The lowest BCUT2D eigenvalue weighted by Gasteiger charge is -1.71. The van der Waals surface area contributed by atoms with Gasteiger partial charge in [-0.3, -0.25) is 9.36 Å². The summed E-state index contributed by atoms with van der Waals surface area (Å²) in [7, 11) is -3.13. The van der Waals surface area contributed by atoms with Gasteiger partial charge in [0.25, 0.3) is 0 Å². The lowest BCUT2D eigenvalue weighted by Crippen LogP contribution is -1.86. The summed E-state index contributed by atoms with van der Waals surface area (Å²) in [4.78, 5) is 23.7. The second-order valence-electron chi connectivity index (χ2n) is 1.03. The fourth-order valence-electron chi connectivity index (χ4n) is 0. The van der Waals surface area contributed by atoms with Gasteiger partial charge >= 0.3 is 14.2 Å². The van der Waals surface area contributed by atoms with E-state index in [0.717, 1.165) is 0 Å². The highest BCUT2D eigenvalue weighted by Gasteiger charge is 1.80. The molecule has 0 saturated heterocycles. The molecule has 0 aromatic carbocycles. The van der Waals surface area contributed by atoms with Crippen LogP contribution >= 0.6 is 8.25 Å². The van der Waals surface area contributed by atoms with Crippen molar-refractivity contribution in [1.82, 2.24) is 0 Å². The second kappa shape index (κ2) is 7.62. The Kier molecular flexibility index (Phi) is 9.67. The molecule has 0 rings (SSSR count). The van der Waals surface area contributed by atoms with Crippen LogP contribution in [-0.2, 0) is 9.36 Å². The Bertz CT molecular complexity index is 96.4. The van der Waals surface area contributed by atoms with E-state index in [1.165, 1.54) is 0 Å². The Labute approximate surface area is 52.9 Å². The number of hydrogen-bond acceptors (Lipinski definition) is 2. The van der Waals surface area contributed by atoms with Crippen LogP contribution in [0.2, 0.25) is 0 Å². The van der Waals surface area contributed by atoms with E-state index in [1.54, 1.807) is 6.92 Å². The summed E-state index contributed by atoms with van der Waals surface area (Å²) in [5, 5.41) is 7.72. The van der Waals surface area contributed by atoms with Crippen molar-refractivity contribution in [3.8, 4) is 0 Å². The topological polar surface area (TPSA) is 94.8 Å². The van der Waals surface area contributed by atoms with Gasteiger partial charge in [0.15, 0.2) is 0 Å². The van der Waals surface area contributed by atoms with Crippen molar-refractivity contribution in [3.63, 3.8) is 0 Å². The van der Waals surface area contributed by atoms with Crippen molar-refractivity contribution in [1.29, 1.82) is 0 Å². The van der Waals surface area contributed by atoms with E-state index in [2.05, 4.69) is 0 Å². The maximum absolute atomic E-state index is 9.37. The van der Waals surface area contributed by atoms with Crippen molar-refractivity contribution >= 4 is 14.2 Å². The van der Waals surface area contributed by atoms with Gasteiger partial charge in [-0.2, -0.15) is 0 Å². The molecule has 0 aromatic rings. The number of aliphatic carboxylic acids is 1. The SMILES string of the molecule is CCC(=O)O.O=[PH](O)O. The highest BCUT2D eigenvalue weighted by Crippen LogP contribution is 1.98. The molecule has 0 aliphatic heterocycles. The Hall–Kier alpha value is -0.380. The third kappa shape index (κ3) is 91.7. The summed E-state index contributed by atoms with van der Waals surface area (Å²) in [5.41, 5.74) is 0. The molecule has 0 spiro atoms. The molecule has 0 radical (unpaired) electrons. The molecular formula is C3H9O5P. The van der Waals surface area contributed by atoms with E-state index in [-0.39, 0.29) is 6.42 Å². The first-order chi connectivity index (χ1) is 4.00. The lowest BCUT2D eigenvalue weighted by molar-refractivity contribution is -0.136. The molecular weight excluding hydrogens is 147 g/mol. The van der Waals surface area contributed by atoms with Crippen LogP contribution in [0.5, 0.6) is 0 Å². The third-order valence-corrected chi connectivity index (χ3v) is 0.302. The first kappa shape index (κ1) is 11.4. The number of carboxylic acid groups (broad SMARTS) is 1. The molecule has 5 nitrogen and oxygen atoms in total. The standard InChI is InChI=1S/C3H6O2.H3O3P/c1-2-3(4)5;1-4(2)3/h2H2,1H3,(H,4,5);4H,(H2,1,2,3). The Morgan fingerprint density at radius 2 is 1.67 bits per heavy atom. The van der Waals surface area contributed by atoms with Crippen LogP contribution in [0.1, 0.15) is 13.3 Å². The van der Waals surface area contributed by atoms with Gasteiger partial charge in [-0.05, 0) is 0 Å². The Morgan fingerprint density at radius 1 is 1.56 bits per heavy atom. The zero-order valence-corrected chi connectivity index (χ0v) is 5.87. The number of carbonyl (C=O) groups is 1. The summed E-state index contributed by atoms with van der Waals surface area (Å²) in [6.45, 7) is 1.60. The molecule has 0 unspecified atom stereocenters. The molecule has 0 fully saturated rings. The van der Waals surface area contributed by atoms with Gasteiger partial charge < -0.3 is 14.9 Å². The molecule has 0 saturated carbocycles. The quantitative estimate of drug-likeness (QED) is 0.458. The fourth-order valence-corrected chi connectivity index (χ4v) is 0. The molecule has 6 heteroatoms. The molecule has 0 bridgehead atoms. The smallest absolute Gasteiger partial charge is 0.314 e. The van der Waals surface area contributed by atoms with Crippen LogP contribution < -0.4 is 0 Å². The zero-order valence-electron chi connectivity index (χ0n) is 4.87. The summed E-state index contributed by atoms with van der Waals surface area (Å²) >= 11 is 0. The number of hydrogen-bond donors (Lipinski definition) is 3. The molecule has 9 heavy (non-hydrogen) atoms. The second-order valence-corrected chi connectivity index (χ2v) is 1.60. The van der Waals surface area contributed by atoms with Gasteiger partial charge in [0.2, 0.25) is 0 Å². The van der Waals surface area contributed by atoms with E-state index in [1.807, 2.05) is 0 Å². The molecule has 0 amide bonds. The predicted octanol–water partition coefficient (Wildman–Crippen LogP) is -0.158. The van der Waals surface area contributed by atoms with Gasteiger partial charge in [0.1, 0.15) is 0 Å². The van der Waals surface area contributed by atoms with Crippen LogP contribution in [-0.4, -0.2) is 20.9 Å². The van der Waals surface area contributed by atoms with E-state index in [4.69, 9.17) is 19.5 Å². The van der Waals surface area contributed by atoms with Gasteiger partial charge in [0, 0.05) is 6.42 Å². The minimum atomic E-state index is -3.13. The molecule has 0 heterocycles. The van der Waals surface area contributed by atoms with Crippen LogP contribution in [0.25, 0.3) is 0 Å². The zero-order chi connectivity index (χ0) is 7.86. The maximum Gasteiger partial charge on any atom is 0.314 e. The van der Waals surface area contributed by atoms with Crippen LogP contribution in [0.3, 0.4) is 0 Å². The van der Waals surface area contributed by atoms with Crippen molar-refractivity contribution in [2.24, 2.45) is 0 Å². The molecule has 3 N–H and O–H groups in total. The number of carboxylic acids is 1. The summed E-state index contributed by atoms with van der Waals surface area (Å²) in [6.07, 6.45) is 0.222. The molecule has 0 aliphatic carbocycles. The maximum atomic E-state index is 9.37. The predicted molar refractivity (Wildman–Crippen MR) is 31.4 cm³/mol. The van der Waals surface area contributed by atoms with Crippen molar-refractivity contribution in [3.05, 3.63) is 0 Å². The van der Waals surface area contributed by atoms with E-state index in [0.29, 0.717) is 0 Å². The highest BCUT2D eigenvalue weighted by molar-refractivity contribution is 7.30. The Balaban J connectivity index is 0. The summed E-state index contributed by atoms with van der Waals surface area (Å²) < 4.78 is 8.74. The first-order valence-corrected chi connectivity index (χ1v) is 3.44. The normalized spacial score (nSPS) is 8.00. The minimum Gasteiger partial charge on any atom is -0.481 e. The minimum absolute atomic E-state index is 0.222. The van der Waals surface area contributed by atoms with Crippen molar-refractivity contribution in [2.75, 3.05) is 0 Å². The van der Waals surface area contributed by atoms with Crippen LogP contribution in [0.15, 0.2) is 0 Å². The molecule has 0 aliphatic rings. The van der Waals surface area contributed by atoms with Crippen LogP contribution in [0.4, 0.5) is 0 Å². The largest absolute Gasteiger partial charge is 0.481 e. The molecule has 56 valence electrons. The van der Waals surface area contributed by atoms with Crippen LogP contribution in [0, 0.1) is 0 Å². The van der Waals surface area contributed by atoms with E-state index >= 15 is 0 Å². The highest BCUT2D eigenvalue weighted by atomic mass is 31.1. The van der Waals surface area contributed by atoms with Crippen molar-refractivity contribution in [2.45, 2.75) is 13.3 Å². The summed E-state index contributed by atoms with van der Waals surface area (Å²) in [5.74, 6) is -0.745. The molecule has 0 atom stereocenters. The lowest BCUT2D eigenvalue weighted by atomic mass is 10.5. The molecule has 0 aromatic heterocycles. The monoisotopic (exact) mass is 156 g/mol. The van der Waals surface area contributed by atoms with E-state index in [9.17, 15) is 4.79 Å².